The van der Waals surface area contributed by atoms with E-state index in [-0.39, 0.29) is 17.3 Å². The summed E-state index contributed by atoms with van der Waals surface area (Å²) in [5.74, 6) is 0.374. The second-order valence-electron chi connectivity index (χ2n) is 6.91. The first-order chi connectivity index (χ1) is 16.8. The van der Waals surface area contributed by atoms with Gasteiger partial charge in [-0.05, 0) is 35.9 Å². The number of fused-ring (bicyclic) bond motifs is 1. The Hall–Kier alpha value is -4.91. The predicted molar refractivity (Wildman–Crippen MR) is 127 cm³/mol. The zero-order valence-corrected chi connectivity index (χ0v) is 18.7. The topological polar surface area (TPSA) is 159 Å². The molecule has 0 aliphatic rings. The van der Waals surface area contributed by atoms with Crippen molar-refractivity contribution < 1.29 is 24.1 Å². The number of amides is 1. The highest BCUT2D eigenvalue weighted by Gasteiger charge is 2.13. The van der Waals surface area contributed by atoms with Crippen molar-refractivity contribution in [1.82, 2.24) is 10.4 Å². The summed E-state index contributed by atoms with van der Waals surface area (Å²) in [5.41, 5.74) is 2.81. The third-order valence-electron chi connectivity index (χ3n) is 4.65. The maximum absolute atomic E-state index is 12.4. The summed E-state index contributed by atoms with van der Waals surface area (Å²) in [7, 11) is 1.44. The van der Waals surface area contributed by atoms with E-state index < -0.39 is 15.8 Å². The van der Waals surface area contributed by atoms with Crippen LogP contribution in [0.5, 0.6) is 17.4 Å². The Morgan fingerprint density at radius 3 is 2.49 bits per heavy atom. The number of nitro benzene ring substituents is 1. The van der Waals surface area contributed by atoms with Crippen LogP contribution in [-0.4, -0.2) is 34.1 Å². The Balaban J connectivity index is 1.43. The fraction of sp³-hybridized carbons (Fsp3) is 0.0455. The van der Waals surface area contributed by atoms with Crippen LogP contribution in [0.1, 0.15) is 15.2 Å². The first kappa shape index (κ1) is 23.3. The summed E-state index contributed by atoms with van der Waals surface area (Å²) in [6.45, 7) is 0. The van der Waals surface area contributed by atoms with E-state index in [0.717, 1.165) is 10.9 Å². The number of benzene rings is 2. The second kappa shape index (κ2) is 9.93. The number of carbonyl (C=O) groups is 1. The second-order valence-corrected chi connectivity index (χ2v) is 8.00. The number of non-ortho nitro benzene ring substituents is 1. The zero-order valence-electron chi connectivity index (χ0n) is 17.9. The zero-order chi connectivity index (χ0) is 24.9. The van der Waals surface area contributed by atoms with Gasteiger partial charge < -0.3 is 9.47 Å². The number of aromatic nitrogens is 1. The van der Waals surface area contributed by atoms with Crippen molar-refractivity contribution in [3.63, 3.8) is 0 Å². The quantitative estimate of drug-likeness (QED) is 0.210. The van der Waals surface area contributed by atoms with E-state index in [2.05, 4.69) is 15.5 Å². The number of nitrogens with one attached hydrogen (secondary N) is 1. The van der Waals surface area contributed by atoms with Crippen LogP contribution < -0.4 is 14.9 Å². The van der Waals surface area contributed by atoms with Gasteiger partial charge in [0.15, 0.2) is 11.5 Å². The lowest BCUT2D eigenvalue weighted by Crippen LogP contribution is -2.16. The number of methoxy groups -OCH3 is 1. The molecule has 0 spiro atoms. The smallest absolute Gasteiger partial charge is 0.287 e. The van der Waals surface area contributed by atoms with Crippen molar-refractivity contribution in [2.75, 3.05) is 7.11 Å². The number of pyridine rings is 1. The van der Waals surface area contributed by atoms with Gasteiger partial charge in [0.05, 0.1) is 28.0 Å². The molecular weight excluding hydrogens is 478 g/mol. The van der Waals surface area contributed by atoms with Gasteiger partial charge in [0.1, 0.15) is 6.20 Å². The summed E-state index contributed by atoms with van der Waals surface area (Å²) >= 11 is 1.20. The first-order valence-corrected chi connectivity index (χ1v) is 10.6. The summed E-state index contributed by atoms with van der Waals surface area (Å²) in [5, 5.41) is 26.2. The Morgan fingerprint density at radius 2 is 1.80 bits per heavy atom. The van der Waals surface area contributed by atoms with Gasteiger partial charge in [-0.25, -0.2) is 10.4 Å². The molecule has 2 heterocycles. The third-order valence-corrected chi connectivity index (χ3v) is 5.76. The SMILES string of the molecule is COc1cc(/C=N\NC(=O)c2cc3cc([N+](=O)[O-])ccc3s2)ccc1Oc1ccc([N+](=O)[O-])cn1. The van der Waals surface area contributed by atoms with Gasteiger partial charge in [0, 0.05) is 34.4 Å². The number of hydrogen-bond acceptors (Lipinski definition) is 10. The van der Waals surface area contributed by atoms with Crippen LogP contribution in [0.3, 0.4) is 0 Å². The number of ether oxygens (including phenoxy) is 2. The van der Waals surface area contributed by atoms with Gasteiger partial charge in [-0.3, -0.25) is 25.0 Å². The van der Waals surface area contributed by atoms with Crippen LogP contribution >= 0.6 is 11.3 Å². The van der Waals surface area contributed by atoms with E-state index in [9.17, 15) is 25.0 Å². The molecular formula is C22H15N5O7S. The lowest BCUT2D eigenvalue weighted by Gasteiger charge is -2.10. The van der Waals surface area contributed by atoms with Gasteiger partial charge in [-0.1, -0.05) is 0 Å². The van der Waals surface area contributed by atoms with Gasteiger partial charge in [-0.15, -0.1) is 11.3 Å². The largest absolute Gasteiger partial charge is 0.493 e. The molecule has 1 amide bonds. The van der Waals surface area contributed by atoms with Gasteiger partial charge in [-0.2, -0.15) is 5.10 Å². The van der Waals surface area contributed by atoms with Crippen LogP contribution in [0.25, 0.3) is 10.1 Å². The lowest BCUT2D eigenvalue weighted by atomic mass is 10.2. The maximum atomic E-state index is 12.4. The molecule has 0 saturated heterocycles. The molecule has 0 aliphatic carbocycles. The molecule has 4 aromatic rings. The minimum absolute atomic E-state index is 0.0500. The maximum Gasteiger partial charge on any atom is 0.287 e. The minimum Gasteiger partial charge on any atom is -0.493 e. The number of carbonyl (C=O) groups excluding carboxylic acids is 1. The highest BCUT2D eigenvalue weighted by Crippen LogP contribution is 2.32. The highest BCUT2D eigenvalue weighted by molar-refractivity contribution is 7.20. The normalized spacial score (nSPS) is 10.9. The molecule has 0 unspecified atom stereocenters. The number of rotatable bonds is 8. The van der Waals surface area contributed by atoms with Crippen LogP contribution in [0.4, 0.5) is 11.4 Å². The van der Waals surface area contributed by atoms with E-state index in [0.29, 0.717) is 27.3 Å². The van der Waals surface area contributed by atoms with Gasteiger partial charge >= 0.3 is 0 Å². The lowest BCUT2D eigenvalue weighted by molar-refractivity contribution is -0.385. The Morgan fingerprint density at radius 1 is 1.03 bits per heavy atom. The third kappa shape index (κ3) is 5.36. The van der Waals surface area contributed by atoms with E-state index in [1.807, 2.05) is 0 Å². The molecule has 0 saturated carbocycles. The van der Waals surface area contributed by atoms with E-state index in [4.69, 9.17) is 9.47 Å². The van der Waals surface area contributed by atoms with Crippen molar-refractivity contribution in [3.8, 4) is 17.4 Å². The Kier molecular flexibility index (Phi) is 6.59. The number of hydrogen-bond donors (Lipinski definition) is 1. The van der Waals surface area contributed by atoms with Crippen LogP contribution in [0.15, 0.2) is 65.9 Å². The predicted octanol–water partition coefficient (Wildman–Crippen LogP) is 4.68. The molecule has 4 rings (SSSR count). The van der Waals surface area contributed by atoms with Crippen LogP contribution in [0.2, 0.25) is 0 Å². The molecule has 0 bridgehead atoms. The molecule has 0 atom stereocenters. The van der Waals surface area contributed by atoms with E-state index in [1.54, 1.807) is 30.3 Å². The number of thiophene rings is 1. The molecule has 2 aromatic carbocycles. The molecule has 0 radical (unpaired) electrons. The molecule has 0 fully saturated rings. The summed E-state index contributed by atoms with van der Waals surface area (Å²) < 4.78 is 11.7. The summed E-state index contributed by atoms with van der Waals surface area (Å²) in [6.07, 6.45) is 2.50. The monoisotopic (exact) mass is 493 g/mol. The van der Waals surface area contributed by atoms with E-state index >= 15 is 0 Å². The summed E-state index contributed by atoms with van der Waals surface area (Å²) in [6, 6.07) is 13.5. The van der Waals surface area contributed by atoms with Gasteiger partial charge in [0.2, 0.25) is 5.88 Å². The standard InChI is InChI=1S/C22H15N5O7S/c1-33-18-8-13(2-5-17(18)34-21-7-4-16(12-23-21)27(31)32)11-24-25-22(28)20-10-14-9-15(26(29)30)3-6-19(14)35-20/h2-12H,1H3,(H,25,28)/b24-11-. The number of nitrogens with zero attached hydrogens (tertiary/aromatic N) is 4. The molecule has 2 aromatic heterocycles. The average Bonchev–Trinajstić information content (AvgIpc) is 3.28. The Bertz CT molecular complexity index is 1470. The van der Waals surface area contributed by atoms with Crippen molar-refractivity contribution >= 4 is 44.9 Å². The van der Waals surface area contributed by atoms with Crippen molar-refractivity contribution in [2.24, 2.45) is 5.10 Å². The highest BCUT2D eigenvalue weighted by atomic mass is 32.1. The summed E-state index contributed by atoms with van der Waals surface area (Å²) in [4.78, 5) is 37.3. The van der Waals surface area contributed by atoms with Crippen molar-refractivity contribution in [1.29, 1.82) is 0 Å². The van der Waals surface area contributed by atoms with Gasteiger partial charge in [0.25, 0.3) is 17.3 Å². The van der Waals surface area contributed by atoms with Crippen LogP contribution in [-0.2, 0) is 0 Å². The fourth-order valence-electron chi connectivity index (χ4n) is 2.98. The molecule has 0 aliphatic heterocycles. The van der Waals surface area contributed by atoms with E-state index in [1.165, 1.54) is 48.9 Å². The van der Waals surface area contributed by atoms with Crippen molar-refractivity contribution in [2.45, 2.75) is 0 Å². The molecule has 1 N–H and O–H groups in total. The van der Waals surface area contributed by atoms with Crippen LogP contribution in [0, 0.1) is 20.2 Å². The molecule has 12 nitrogen and oxygen atoms in total. The minimum atomic E-state index is -0.558. The molecule has 176 valence electrons. The molecule has 13 heteroatoms. The average molecular weight is 493 g/mol. The van der Waals surface area contributed by atoms with Crippen molar-refractivity contribution in [3.05, 3.63) is 91.5 Å². The first-order valence-electron chi connectivity index (χ1n) is 9.82. The Labute approximate surface area is 200 Å². The number of nitro groups is 2. The molecule has 35 heavy (non-hydrogen) atoms. The fourth-order valence-corrected chi connectivity index (χ4v) is 3.91. The number of hydrazone groups is 1.